The molecule has 4 atom stereocenters. The van der Waals surface area contributed by atoms with Crippen LogP contribution in [0.1, 0.15) is 0 Å². The number of rotatable bonds is 2. The molecule has 0 aromatic heterocycles. The minimum atomic E-state index is -1.60. The average molecular weight is 350 g/mol. The largest absolute Gasteiger partial charge is 0.509 e. The van der Waals surface area contributed by atoms with Crippen LogP contribution in [0, 0.1) is 0 Å². The maximum absolute atomic E-state index is 11.3. The molecule has 4 unspecified atom stereocenters. The third-order valence-corrected chi connectivity index (χ3v) is 6.44. The van der Waals surface area contributed by atoms with Crippen LogP contribution < -0.4 is 0 Å². The van der Waals surface area contributed by atoms with Crippen LogP contribution in [0.15, 0.2) is 10.1 Å². The molecule has 0 N–H and O–H groups in total. The van der Waals surface area contributed by atoms with E-state index in [2.05, 4.69) is 0 Å². The Morgan fingerprint density at radius 1 is 1.00 bits per heavy atom. The van der Waals surface area contributed by atoms with Crippen LogP contribution in [0.5, 0.6) is 0 Å². The van der Waals surface area contributed by atoms with E-state index < -0.39 is 33.9 Å². The molecule has 1 heterocycles. The summed E-state index contributed by atoms with van der Waals surface area (Å²) in [4.78, 5) is 8.19. The van der Waals surface area contributed by atoms with Crippen molar-refractivity contribution in [2.45, 2.75) is 27.7 Å². The summed E-state index contributed by atoms with van der Waals surface area (Å²) in [7, 11) is 2.70. The van der Waals surface area contributed by atoms with Crippen molar-refractivity contribution < 1.29 is 23.7 Å². The molecule has 1 saturated heterocycles. The molecule has 0 spiro atoms. The van der Waals surface area contributed by atoms with Crippen LogP contribution in [-0.2, 0) is 18.9 Å². The standard InChI is InChI=1S/C10H8Cl4O5/c1-16-10(17-2)8(13)3(11)4(12)9(10,14)6-5(8)18-7(15)19-6/h5-6H,1-2H3. The number of carbonyl (C=O) groups is 1. The first-order valence-electron chi connectivity index (χ1n) is 5.23. The molecule has 2 bridgehead atoms. The van der Waals surface area contributed by atoms with Crippen LogP contribution in [0.3, 0.4) is 0 Å². The molecule has 19 heavy (non-hydrogen) atoms. The molecule has 1 saturated carbocycles. The van der Waals surface area contributed by atoms with Crippen LogP contribution >= 0.6 is 46.4 Å². The normalized spacial score (nSPS) is 46.3. The van der Waals surface area contributed by atoms with E-state index in [1.165, 1.54) is 14.2 Å². The van der Waals surface area contributed by atoms with E-state index in [1.807, 2.05) is 0 Å². The van der Waals surface area contributed by atoms with Crippen LogP contribution in [0.4, 0.5) is 4.79 Å². The van der Waals surface area contributed by atoms with Gasteiger partial charge in [0.05, 0.1) is 10.1 Å². The van der Waals surface area contributed by atoms with Crippen molar-refractivity contribution in [3.8, 4) is 0 Å². The summed E-state index contributed by atoms with van der Waals surface area (Å²) in [6.45, 7) is 0. The Bertz CT molecular complexity index is 466. The molecule has 9 heteroatoms. The molecule has 3 aliphatic rings. The van der Waals surface area contributed by atoms with Gasteiger partial charge in [0.15, 0.2) is 22.0 Å². The van der Waals surface area contributed by atoms with Crippen molar-refractivity contribution in [3.05, 3.63) is 10.1 Å². The van der Waals surface area contributed by atoms with Crippen molar-refractivity contribution in [2.75, 3.05) is 14.2 Å². The quantitative estimate of drug-likeness (QED) is 0.435. The van der Waals surface area contributed by atoms with Crippen LogP contribution in [0.25, 0.3) is 0 Å². The predicted octanol–water partition coefficient (Wildman–Crippen LogP) is 2.55. The summed E-state index contributed by atoms with van der Waals surface area (Å²) in [5.41, 5.74) is 0. The molecule has 0 amide bonds. The summed E-state index contributed by atoms with van der Waals surface area (Å²) in [5, 5.41) is 0.0446. The number of hydrogen-bond acceptors (Lipinski definition) is 5. The van der Waals surface area contributed by atoms with E-state index in [4.69, 9.17) is 65.4 Å². The lowest BCUT2D eigenvalue weighted by atomic mass is 10.0. The van der Waals surface area contributed by atoms with Gasteiger partial charge in [-0.3, -0.25) is 0 Å². The zero-order valence-corrected chi connectivity index (χ0v) is 12.7. The van der Waals surface area contributed by atoms with Gasteiger partial charge in [0.2, 0.25) is 5.79 Å². The minimum absolute atomic E-state index is 0.0223. The van der Waals surface area contributed by atoms with Crippen molar-refractivity contribution in [1.29, 1.82) is 0 Å². The Labute approximate surface area is 128 Å². The van der Waals surface area contributed by atoms with Crippen LogP contribution in [-0.4, -0.2) is 48.1 Å². The van der Waals surface area contributed by atoms with E-state index in [9.17, 15) is 4.79 Å². The van der Waals surface area contributed by atoms with Gasteiger partial charge in [0.1, 0.15) is 0 Å². The molecule has 2 aliphatic carbocycles. The Morgan fingerprint density at radius 3 is 1.68 bits per heavy atom. The highest BCUT2D eigenvalue weighted by molar-refractivity contribution is 6.52. The van der Waals surface area contributed by atoms with Gasteiger partial charge in [-0.1, -0.05) is 23.2 Å². The van der Waals surface area contributed by atoms with Crippen molar-refractivity contribution in [1.82, 2.24) is 0 Å². The van der Waals surface area contributed by atoms with E-state index >= 15 is 0 Å². The molecule has 0 radical (unpaired) electrons. The molecule has 3 rings (SSSR count). The lowest BCUT2D eigenvalue weighted by Crippen LogP contribution is -2.59. The molecular weight excluding hydrogens is 342 g/mol. The first kappa shape index (κ1) is 14.0. The second-order valence-corrected chi connectivity index (χ2v) is 6.35. The van der Waals surface area contributed by atoms with Gasteiger partial charge in [0, 0.05) is 14.2 Å². The average Bonchev–Trinajstić information content (AvgIpc) is 2.89. The van der Waals surface area contributed by atoms with Crippen molar-refractivity contribution in [2.24, 2.45) is 0 Å². The van der Waals surface area contributed by atoms with E-state index in [0.717, 1.165) is 0 Å². The van der Waals surface area contributed by atoms with Crippen molar-refractivity contribution in [3.63, 3.8) is 0 Å². The van der Waals surface area contributed by atoms with Gasteiger partial charge < -0.3 is 18.9 Å². The summed E-state index contributed by atoms with van der Waals surface area (Å²) in [6, 6.07) is 0. The summed E-state index contributed by atoms with van der Waals surface area (Å²) < 4.78 is 20.9. The smallest absolute Gasteiger partial charge is 0.424 e. The molecule has 2 fully saturated rings. The topological polar surface area (TPSA) is 54.0 Å². The molecule has 1 aliphatic heterocycles. The fourth-order valence-corrected chi connectivity index (χ4v) is 5.13. The molecular formula is C10H8Cl4O5. The second-order valence-electron chi connectivity index (χ2n) is 4.40. The first-order chi connectivity index (χ1) is 8.81. The third kappa shape index (κ3) is 1.14. The Kier molecular flexibility index (Phi) is 2.84. The van der Waals surface area contributed by atoms with E-state index in [1.54, 1.807) is 0 Å². The third-order valence-electron chi connectivity index (χ3n) is 3.87. The number of fused-ring (bicyclic) bond motifs is 5. The van der Waals surface area contributed by atoms with E-state index in [0.29, 0.717) is 0 Å². The molecule has 5 nitrogen and oxygen atoms in total. The zero-order chi connectivity index (χ0) is 14.2. The Balaban J connectivity index is 2.29. The maximum Gasteiger partial charge on any atom is 0.509 e. The lowest BCUT2D eigenvalue weighted by molar-refractivity contribution is -0.225. The minimum Gasteiger partial charge on any atom is -0.424 e. The number of hydrogen-bond donors (Lipinski definition) is 0. The number of carbonyl (C=O) groups excluding carboxylic acids is 1. The van der Waals surface area contributed by atoms with Gasteiger partial charge >= 0.3 is 6.16 Å². The highest BCUT2D eigenvalue weighted by atomic mass is 35.5. The second kappa shape index (κ2) is 3.84. The number of methoxy groups -OCH3 is 2. The van der Waals surface area contributed by atoms with Gasteiger partial charge in [-0.05, 0) is 0 Å². The Morgan fingerprint density at radius 2 is 1.37 bits per heavy atom. The highest BCUT2D eigenvalue weighted by Gasteiger charge is 2.89. The number of halogens is 4. The van der Waals surface area contributed by atoms with Crippen LogP contribution in [0.2, 0.25) is 0 Å². The summed E-state index contributed by atoms with van der Waals surface area (Å²) in [5.74, 6) is -1.60. The summed E-state index contributed by atoms with van der Waals surface area (Å²) >= 11 is 25.5. The molecule has 106 valence electrons. The molecule has 0 aromatic carbocycles. The van der Waals surface area contributed by atoms with Gasteiger partial charge in [-0.25, -0.2) is 4.79 Å². The number of ether oxygens (including phenoxy) is 4. The lowest BCUT2D eigenvalue weighted by Gasteiger charge is -2.40. The highest BCUT2D eigenvalue weighted by Crippen LogP contribution is 2.71. The monoisotopic (exact) mass is 348 g/mol. The van der Waals surface area contributed by atoms with Gasteiger partial charge in [-0.2, -0.15) is 0 Å². The van der Waals surface area contributed by atoms with Gasteiger partial charge in [-0.15, -0.1) is 23.2 Å². The predicted molar refractivity (Wildman–Crippen MR) is 67.8 cm³/mol. The number of alkyl halides is 2. The zero-order valence-electron chi connectivity index (χ0n) is 9.71. The van der Waals surface area contributed by atoms with Crippen molar-refractivity contribution >= 4 is 52.6 Å². The van der Waals surface area contributed by atoms with Gasteiger partial charge in [0.25, 0.3) is 0 Å². The maximum atomic E-state index is 11.3. The van der Waals surface area contributed by atoms with E-state index in [-0.39, 0.29) is 10.1 Å². The SMILES string of the molecule is COC1(OC)C2(Cl)C(Cl)=C(Cl)C1(Cl)C1OC(=O)OC12. The fraction of sp³-hybridized carbons (Fsp3) is 0.700. The summed E-state index contributed by atoms with van der Waals surface area (Å²) in [6.07, 6.45) is -2.79. The molecule has 0 aromatic rings. The first-order valence-corrected chi connectivity index (χ1v) is 6.74. The fourth-order valence-electron chi connectivity index (χ4n) is 3.11. The Hall–Kier alpha value is 0.0900.